The molecule has 0 aliphatic carbocycles. The molecule has 0 spiro atoms. The first-order valence-corrected chi connectivity index (χ1v) is 9.96. The summed E-state index contributed by atoms with van der Waals surface area (Å²) in [5, 5.41) is 0. The Morgan fingerprint density at radius 2 is 1.96 bits per heavy atom. The molecule has 2 heterocycles. The predicted molar refractivity (Wildman–Crippen MR) is 94.0 cm³/mol. The molecule has 8 heteroatoms. The van der Waals surface area contributed by atoms with Crippen molar-refractivity contribution in [3.8, 4) is 0 Å². The number of anilines is 1. The van der Waals surface area contributed by atoms with E-state index in [9.17, 15) is 12.8 Å². The van der Waals surface area contributed by atoms with E-state index in [0.29, 0.717) is 17.2 Å². The summed E-state index contributed by atoms with van der Waals surface area (Å²) in [4.78, 5) is 10.8. The Morgan fingerprint density at radius 3 is 2.72 bits per heavy atom. The summed E-state index contributed by atoms with van der Waals surface area (Å²) in [5.41, 5.74) is 1.02. The number of benzene rings is 1. The highest BCUT2D eigenvalue weighted by Crippen LogP contribution is 2.15. The summed E-state index contributed by atoms with van der Waals surface area (Å²) in [6.45, 7) is 1.94. The fraction of sp³-hybridized carbons (Fsp3) is 0.412. The van der Waals surface area contributed by atoms with Crippen LogP contribution in [0, 0.1) is 5.82 Å². The van der Waals surface area contributed by atoms with Crippen molar-refractivity contribution in [3.63, 3.8) is 0 Å². The lowest BCUT2D eigenvalue weighted by Gasteiger charge is -2.26. The molecule has 1 aromatic heterocycles. The highest BCUT2D eigenvalue weighted by Gasteiger charge is 2.15. The Labute approximate surface area is 147 Å². The van der Waals surface area contributed by atoms with E-state index in [0.717, 1.165) is 25.9 Å². The van der Waals surface area contributed by atoms with Crippen LogP contribution in [-0.4, -0.2) is 31.5 Å². The van der Waals surface area contributed by atoms with Crippen molar-refractivity contribution in [1.29, 1.82) is 0 Å². The molecule has 6 nitrogen and oxygen atoms in total. The van der Waals surface area contributed by atoms with Gasteiger partial charge in [-0.1, -0.05) is 12.1 Å². The monoisotopic (exact) mass is 364 g/mol. The van der Waals surface area contributed by atoms with Crippen molar-refractivity contribution in [1.82, 2.24) is 14.7 Å². The van der Waals surface area contributed by atoms with E-state index in [4.69, 9.17) is 0 Å². The van der Waals surface area contributed by atoms with Gasteiger partial charge < -0.3 is 4.90 Å². The summed E-state index contributed by atoms with van der Waals surface area (Å²) in [5.74, 6) is -0.0781. The summed E-state index contributed by atoms with van der Waals surface area (Å²) in [7, 11) is -3.58. The molecule has 1 aliphatic rings. The average Bonchev–Trinajstić information content (AvgIpc) is 2.61. The highest BCUT2D eigenvalue weighted by atomic mass is 32.2. The first-order chi connectivity index (χ1) is 12.0. The fourth-order valence-corrected chi connectivity index (χ4v) is 3.90. The van der Waals surface area contributed by atoms with Crippen LogP contribution in [0.5, 0.6) is 0 Å². The van der Waals surface area contributed by atoms with Crippen molar-refractivity contribution in [2.24, 2.45) is 0 Å². The number of halogens is 1. The fourth-order valence-electron chi connectivity index (χ4n) is 2.81. The van der Waals surface area contributed by atoms with Gasteiger partial charge in [-0.25, -0.2) is 27.5 Å². The molecular weight excluding hydrogens is 343 g/mol. The van der Waals surface area contributed by atoms with Gasteiger partial charge in [0.15, 0.2) is 0 Å². The van der Waals surface area contributed by atoms with E-state index in [1.54, 1.807) is 18.3 Å². The lowest BCUT2D eigenvalue weighted by Crippen LogP contribution is -2.31. The maximum absolute atomic E-state index is 13.2. The molecule has 1 N–H and O–H groups in total. The zero-order chi connectivity index (χ0) is 17.7. The molecule has 3 rings (SSSR count). The third-order valence-electron chi connectivity index (χ3n) is 4.06. The molecule has 2 aromatic rings. The normalized spacial score (nSPS) is 15.3. The predicted octanol–water partition coefficient (Wildman–Crippen LogP) is 2.23. The van der Waals surface area contributed by atoms with Gasteiger partial charge in [0.25, 0.3) is 0 Å². The van der Waals surface area contributed by atoms with Crippen LogP contribution < -0.4 is 9.62 Å². The van der Waals surface area contributed by atoms with Crippen LogP contribution >= 0.6 is 0 Å². The molecule has 1 saturated heterocycles. The number of aromatic nitrogens is 2. The molecule has 134 valence electrons. The Balaban J connectivity index is 1.62. The van der Waals surface area contributed by atoms with Gasteiger partial charge in [-0.05, 0) is 43.0 Å². The number of hydrogen-bond acceptors (Lipinski definition) is 5. The standard InChI is InChI=1S/C17H21FN4O2S/c18-15-6-4-5-14(11-15)13-25(23,24)20-12-16-7-8-19-17(21-16)22-9-2-1-3-10-22/h4-8,11,20H,1-3,9-10,12-13H2. The second kappa shape index (κ2) is 7.88. The topological polar surface area (TPSA) is 75.2 Å². The van der Waals surface area contributed by atoms with Gasteiger partial charge >= 0.3 is 0 Å². The van der Waals surface area contributed by atoms with E-state index in [1.165, 1.54) is 24.6 Å². The minimum Gasteiger partial charge on any atom is -0.341 e. The molecule has 1 aliphatic heterocycles. The quantitative estimate of drug-likeness (QED) is 0.851. The first kappa shape index (κ1) is 17.8. The minimum absolute atomic E-state index is 0.0843. The van der Waals surface area contributed by atoms with E-state index in [-0.39, 0.29) is 12.3 Å². The lowest BCUT2D eigenvalue weighted by atomic mass is 10.1. The summed E-state index contributed by atoms with van der Waals surface area (Å²) < 4.78 is 40.1. The number of rotatable bonds is 6. The molecular formula is C17H21FN4O2S. The van der Waals surface area contributed by atoms with Gasteiger partial charge in [0, 0.05) is 19.3 Å². The largest absolute Gasteiger partial charge is 0.341 e. The van der Waals surface area contributed by atoms with Crippen molar-refractivity contribution in [2.75, 3.05) is 18.0 Å². The second-order valence-electron chi connectivity index (χ2n) is 6.11. The molecule has 0 saturated carbocycles. The molecule has 0 radical (unpaired) electrons. The van der Waals surface area contributed by atoms with Gasteiger partial charge in [0.05, 0.1) is 18.0 Å². The Kier molecular flexibility index (Phi) is 5.60. The minimum atomic E-state index is -3.58. The molecule has 0 bridgehead atoms. The number of sulfonamides is 1. The molecule has 0 atom stereocenters. The van der Waals surface area contributed by atoms with Crippen LogP contribution in [0.3, 0.4) is 0 Å². The van der Waals surface area contributed by atoms with Gasteiger partial charge in [0.2, 0.25) is 16.0 Å². The highest BCUT2D eigenvalue weighted by molar-refractivity contribution is 7.88. The molecule has 1 fully saturated rings. The molecule has 1 aromatic carbocycles. The number of piperidine rings is 1. The van der Waals surface area contributed by atoms with Crippen LogP contribution in [0.15, 0.2) is 36.5 Å². The Bertz CT molecular complexity index is 823. The van der Waals surface area contributed by atoms with Gasteiger partial charge in [-0.2, -0.15) is 0 Å². The van der Waals surface area contributed by atoms with Gasteiger partial charge in [0.1, 0.15) is 5.82 Å². The Morgan fingerprint density at radius 1 is 1.16 bits per heavy atom. The van der Waals surface area contributed by atoms with Crippen molar-refractivity contribution < 1.29 is 12.8 Å². The Hall–Kier alpha value is -2.06. The van der Waals surface area contributed by atoms with Crippen LogP contribution in [0.25, 0.3) is 0 Å². The van der Waals surface area contributed by atoms with Crippen LogP contribution in [0.2, 0.25) is 0 Å². The SMILES string of the molecule is O=S(=O)(Cc1cccc(F)c1)NCc1ccnc(N2CCCCC2)n1. The van der Waals surface area contributed by atoms with E-state index in [2.05, 4.69) is 19.6 Å². The average molecular weight is 364 g/mol. The third-order valence-corrected chi connectivity index (χ3v) is 5.36. The zero-order valence-corrected chi connectivity index (χ0v) is 14.7. The molecule has 0 amide bonds. The molecule has 25 heavy (non-hydrogen) atoms. The summed E-state index contributed by atoms with van der Waals surface area (Å²) >= 11 is 0. The molecule has 0 unspecified atom stereocenters. The number of nitrogens with zero attached hydrogens (tertiary/aromatic N) is 3. The lowest BCUT2D eigenvalue weighted by molar-refractivity contribution is 0.565. The van der Waals surface area contributed by atoms with E-state index >= 15 is 0 Å². The van der Waals surface area contributed by atoms with Crippen LogP contribution in [0.4, 0.5) is 10.3 Å². The van der Waals surface area contributed by atoms with E-state index < -0.39 is 15.8 Å². The summed E-state index contributed by atoms with van der Waals surface area (Å²) in [6.07, 6.45) is 5.10. The van der Waals surface area contributed by atoms with Crippen molar-refractivity contribution >= 4 is 16.0 Å². The van der Waals surface area contributed by atoms with Crippen molar-refractivity contribution in [2.45, 2.75) is 31.6 Å². The van der Waals surface area contributed by atoms with Crippen LogP contribution in [-0.2, 0) is 22.3 Å². The number of nitrogens with one attached hydrogen (secondary N) is 1. The maximum Gasteiger partial charge on any atom is 0.225 e. The number of hydrogen-bond donors (Lipinski definition) is 1. The first-order valence-electron chi connectivity index (χ1n) is 8.30. The zero-order valence-electron chi connectivity index (χ0n) is 13.9. The van der Waals surface area contributed by atoms with Gasteiger partial charge in [-0.15, -0.1) is 0 Å². The second-order valence-corrected chi connectivity index (χ2v) is 7.91. The third kappa shape index (κ3) is 5.20. The smallest absolute Gasteiger partial charge is 0.225 e. The van der Waals surface area contributed by atoms with Gasteiger partial charge in [-0.3, -0.25) is 0 Å². The maximum atomic E-state index is 13.2. The summed E-state index contributed by atoms with van der Waals surface area (Å²) in [6, 6.07) is 7.28. The van der Waals surface area contributed by atoms with E-state index in [1.807, 2.05) is 0 Å². The van der Waals surface area contributed by atoms with Crippen LogP contribution in [0.1, 0.15) is 30.5 Å². The van der Waals surface area contributed by atoms with Crippen molar-refractivity contribution in [3.05, 3.63) is 53.6 Å².